The fraction of sp³-hybridized carbons (Fsp3) is 0.0667. The van der Waals surface area contributed by atoms with Crippen molar-refractivity contribution >= 4 is 11.4 Å². The molecule has 0 saturated heterocycles. The van der Waals surface area contributed by atoms with Crippen molar-refractivity contribution in [3.63, 3.8) is 0 Å². The monoisotopic (exact) mass is 224 g/mol. The summed E-state index contributed by atoms with van der Waals surface area (Å²) in [6, 6.07) is 13.9. The minimum absolute atomic E-state index is 0.622. The first-order chi connectivity index (χ1) is 8.24. The van der Waals surface area contributed by atoms with Crippen LogP contribution in [0.2, 0.25) is 0 Å². The highest BCUT2D eigenvalue weighted by Gasteiger charge is 2.10. The summed E-state index contributed by atoms with van der Waals surface area (Å²) in [5.74, 6) is 0. The van der Waals surface area contributed by atoms with Gasteiger partial charge in [0.2, 0.25) is 0 Å². The number of hydrogen-bond acceptors (Lipinski definition) is 2. The van der Waals surface area contributed by atoms with Crippen molar-refractivity contribution in [2.75, 3.05) is 11.5 Å². The van der Waals surface area contributed by atoms with E-state index in [1.165, 1.54) is 0 Å². The normalized spacial score (nSPS) is 10.1. The van der Waals surface area contributed by atoms with Gasteiger partial charge in [-0.05, 0) is 23.6 Å². The molecule has 0 fully saturated rings. The van der Waals surface area contributed by atoms with Crippen molar-refractivity contribution in [1.82, 2.24) is 0 Å². The molecule has 0 aliphatic heterocycles. The number of nitrogen functional groups attached to an aromatic ring is 2. The average Bonchev–Trinajstić information content (AvgIpc) is 2.36. The van der Waals surface area contributed by atoms with E-state index in [-0.39, 0.29) is 0 Å². The second-order valence-electron chi connectivity index (χ2n) is 3.96. The van der Waals surface area contributed by atoms with E-state index in [1.807, 2.05) is 48.5 Å². The van der Waals surface area contributed by atoms with Crippen LogP contribution in [-0.2, 0) is 6.42 Å². The smallest absolute Gasteiger partial charge is 0.0630 e. The van der Waals surface area contributed by atoms with E-state index in [0.717, 1.165) is 23.1 Å². The van der Waals surface area contributed by atoms with Gasteiger partial charge in [0.1, 0.15) is 0 Å². The summed E-state index contributed by atoms with van der Waals surface area (Å²) in [5.41, 5.74) is 16.5. The number of allylic oxidation sites excluding steroid dienone is 1. The molecule has 4 N–H and O–H groups in total. The molecule has 0 saturated carbocycles. The molecule has 0 bridgehead atoms. The average molecular weight is 224 g/mol. The summed E-state index contributed by atoms with van der Waals surface area (Å²) in [5, 5.41) is 0. The van der Waals surface area contributed by atoms with E-state index < -0.39 is 0 Å². The number of rotatable bonds is 3. The molecule has 0 atom stereocenters. The van der Waals surface area contributed by atoms with Crippen LogP contribution in [0, 0.1) is 0 Å². The zero-order valence-corrected chi connectivity index (χ0v) is 9.69. The summed E-state index contributed by atoms with van der Waals surface area (Å²) in [6.45, 7) is 3.77. The molecule has 2 heteroatoms. The van der Waals surface area contributed by atoms with Crippen LogP contribution in [0.4, 0.5) is 11.4 Å². The van der Waals surface area contributed by atoms with Crippen molar-refractivity contribution in [1.29, 1.82) is 0 Å². The first kappa shape index (κ1) is 11.3. The Morgan fingerprint density at radius 3 is 2.35 bits per heavy atom. The predicted molar refractivity (Wildman–Crippen MR) is 74.6 cm³/mol. The molecule has 0 amide bonds. The molecule has 2 nitrogen and oxygen atoms in total. The predicted octanol–water partition coefficient (Wildman–Crippen LogP) is 3.25. The molecule has 0 unspecified atom stereocenters. The topological polar surface area (TPSA) is 52.0 Å². The number of benzene rings is 2. The zero-order chi connectivity index (χ0) is 12.3. The first-order valence-corrected chi connectivity index (χ1v) is 5.57. The highest BCUT2D eigenvalue weighted by molar-refractivity contribution is 5.86. The standard InChI is InChI=1S/C15H16N2/c1-2-6-11-9-10-13(16)15(17)14(11)12-7-4-3-5-8-12/h2-5,7-10H,1,6,16-17H2. The molecule has 2 aromatic rings. The van der Waals surface area contributed by atoms with Gasteiger partial charge in [-0.3, -0.25) is 0 Å². The van der Waals surface area contributed by atoms with Gasteiger partial charge in [0.25, 0.3) is 0 Å². The summed E-state index contributed by atoms with van der Waals surface area (Å²) < 4.78 is 0. The van der Waals surface area contributed by atoms with Gasteiger partial charge < -0.3 is 11.5 Å². The molecule has 86 valence electrons. The Morgan fingerprint density at radius 1 is 1.00 bits per heavy atom. The lowest BCUT2D eigenvalue weighted by Gasteiger charge is -2.13. The van der Waals surface area contributed by atoms with Crippen LogP contribution in [0.3, 0.4) is 0 Å². The van der Waals surface area contributed by atoms with Gasteiger partial charge in [-0.25, -0.2) is 0 Å². The third kappa shape index (κ3) is 2.16. The van der Waals surface area contributed by atoms with Gasteiger partial charge in [-0.15, -0.1) is 6.58 Å². The second-order valence-corrected chi connectivity index (χ2v) is 3.96. The summed E-state index contributed by atoms with van der Waals surface area (Å²) in [7, 11) is 0. The maximum absolute atomic E-state index is 6.09. The Balaban J connectivity index is 2.65. The lowest BCUT2D eigenvalue weighted by atomic mass is 9.95. The fourth-order valence-corrected chi connectivity index (χ4v) is 1.95. The molecule has 0 aliphatic carbocycles. The van der Waals surface area contributed by atoms with Gasteiger partial charge in [0.05, 0.1) is 11.4 Å². The van der Waals surface area contributed by atoms with Crippen LogP contribution in [-0.4, -0.2) is 0 Å². The first-order valence-electron chi connectivity index (χ1n) is 5.57. The lowest BCUT2D eigenvalue weighted by molar-refractivity contribution is 1.28. The van der Waals surface area contributed by atoms with Crippen LogP contribution < -0.4 is 11.5 Å². The van der Waals surface area contributed by atoms with Crippen LogP contribution in [0.1, 0.15) is 5.56 Å². The van der Waals surface area contributed by atoms with Crippen LogP contribution in [0.15, 0.2) is 55.1 Å². The van der Waals surface area contributed by atoms with Crippen LogP contribution in [0.25, 0.3) is 11.1 Å². The Kier molecular flexibility index (Phi) is 3.15. The summed E-state index contributed by atoms with van der Waals surface area (Å²) >= 11 is 0. The zero-order valence-electron chi connectivity index (χ0n) is 9.69. The highest BCUT2D eigenvalue weighted by Crippen LogP contribution is 2.34. The molecule has 0 aliphatic rings. The molecule has 2 rings (SSSR count). The molecule has 0 spiro atoms. The fourth-order valence-electron chi connectivity index (χ4n) is 1.95. The van der Waals surface area contributed by atoms with Crippen molar-refractivity contribution in [3.05, 3.63) is 60.7 Å². The Labute approximate surface area is 102 Å². The van der Waals surface area contributed by atoms with E-state index in [1.54, 1.807) is 0 Å². The van der Waals surface area contributed by atoms with E-state index in [4.69, 9.17) is 11.5 Å². The minimum atomic E-state index is 0.622. The third-order valence-corrected chi connectivity index (χ3v) is 2.79. The molecule has 0 aromatic heterocycles. The Bertz CT molecular complexity index is 530. The van der Waals surface area contributed by atoms with Gasteiger partial charge in [-0.1, -0.05) is 42.5 Å². The molecule has 17 heavy (non-hydrogen) atoms. The maximum atomic E-state index is 6.09. The van der Waals surface area contributed by atoms with Crippen molar-refractivity contribution in [2.24, 2.45) is 0 Å². The van der Waals surface area contributed by atoms with Crippen LogP contribution in [0.5, 0.6) is 0 Å². The number of hydrogen-bond donors (Lipinski definition) is 2. The number of nitrogens with two attached hydrogens (primary N) is 2. The van der Waals surface area contributed by atoms with Crippen molar-refractivity contribution in [2.45, 2.75) is 6.42 Å². The highest BCUT2D eigenvalue weighted by atomic mass is 14.7. The second kappa shape index (κ2) is 4.74. The van der Waals surface area contributed by atoms with Gasteiger partial charge in [0, 0.05) is 5.56 Å². The Morgan fingerprint density at radius 2 is 1.71 bits per heavy atom. The maximum Gasteiger partial charge on any atom is 0.0630 e. The number of anilines is 2. The van der Waals surface area contributed by atoms with Gasteiger partial charge in [0.15, 0.2) is 0 Å². The largest absolute Gasteiger partial charge is 0.397 e. The molecule has 2 aromatic carbocycles. The summed E-state index contributed by atoms with van der Waals surface area (Å²) in [4.78, 5) is 0. The minimum Gasteiger partial charge on any atom is -0.397 e. The van der Waals surface area contributed by atoms with E-state index >= 15 is 0 Å². The molecule has 0 radical (unpaired) electrons. The quantitative estimate of drug-likeness (QED) is 0.621. The molecular weight excluding hydrogens is 208 g/mol. The van der Waals surface area contributed by atoms with E-state index in [0.29, 0.717) is 11.4 Å². The SMILES string of the molecule is C=CCc1ccc(N)c(N)c1-c1ccccc1. The van der Waals surface area contributed by atoms with Gasteiger partial charge in [-0.2, -0.15) is 0 Å². The van der Waals surface area contributed by atoms with Crippen molar-refractivity contribution in [3.8, 4) is 11.1 Å². The van der Waals surface area contributed by atoms with E-state index in [9.17, 15) is 0 Å². The molecular formula is C15H16N2. The van der Waals surface area contributed by atoms with Crippen LogP contribution >= 0.6 is 0 Å². The molecule has 0 heterocycles. The Hall–Kier alpha value is -2.22. The van der Waals surface area contributed by atoms with E-state index in [2.05, 4.69) is 6.58 Å². The third-order valence-electron chi connectivity index (χ3n) is 2.79. The lowest BCUT2D eigenvalue weighted by Crippen LogP contribution is -2.00. The van der Waals surface area contributed by atoms with Gasteiger partial charge >= 0.3 is 0 Å². The summed E-state index contributed by atoms with van der Waals surface area (Å²) in [6.07, 6.45) is 2.66. The van der Waals surface area contributed by atoms with Crippen molar-refractivity contribution < 1.29 is 0 Å².